The SMILES string of the molecule is C#CCCCCNC(C)c1nc2ccccc2n1C. The van der Waals surface area contributed by atoms with Crippen LogP contribution in [0.1, 0.15) is 38.1 Å². The fourth-order valence-corrected chi connectivity index (χ4v) is 2.31. The van der Waals surface area contributed by atoms with E-state index in [4.69, 9.17) is 11.4 Å². The maximum absolute atomic E-state index is 5.24. The average Bonchev–Trinajstić information content (AvgIpc) is 2.76. The Kier molecular flexibility index (Phi) is 4.59. The smallest absolute Gasteiger partial charge is 0.126 e. The van der Waals surface area contributed by atoms with Gasteiger partial charge in [0.1, 0.15) is 5.82 Å². The largest absolute Gasteiger partial charge is 0.330 e. The summed E-state index contributed by atoms with van der Waals surface area (Å²) in [5, 5.41) is 3.51. The van der Waals surface area contributed by atoms with Gasteiger partial charge in [0.05, 0.1) is 17.1 Å². The quantitative estimate of drug-likeness (QED) is 0.635. The molecule has 1 heterocycles. The molecule has 0 aliphatic carbocycles. The van der Waals surface area contributed by atoms with E-state index in [1.807, 2.05) is 12.1 Å². The molecular weight excluding hydrogens is 234 g/mol. The van der Waals surface area contributed by atoms with E-state index >= 15 is 0 Å². The van der Waals surface area contributed by atoms with Crippen LogP contribution in [0.25, 0.3) is 11.0 Å². The third-order valence-corrected chi connectivity index (χ3v) is 3.41. The number of para-hydroxylation sites is 2. The van der Waals surface area contributed by atoms with Crippen LogP contribution in [0.3, 0.4) is 0 Å². The van der Waals surface area contributed by atoms with Crippen LogP contribution < -0.4 is 5.32 Å². The second kappa shape index (κ2) is 6.40. The summed E-state index contributed by atoms with van der Waals surface area (Å²) in [5.74, 6) is 3.75. The van der Waals surface area contributed by atoms with E-state index in [-0.39, 0.29) is 6.04 Å². The lowest BCUT2D eigenvalue weighted by atomic mass is 10.2. The number of imidazole rings is 1. The van der Waals surface area contributed by atoms with Crippen molar-refractivity contribution in [3.05, 3.63) is 30.1 Å². The van der Waals surface area contributed by atoms with Gasteiger partial charge >= 0.3 is 0 Å². The number of nitrogens with zero attached hydrogens (tertiary/aromatic N) is 2. The Morgan fingerprint density at radius 1 is 1.37 bits per heavy atom. The van der Waals surface area contributed by atoms with Crippen LogP contribution in [0.5, 0.6) is 0 Å². The van der Waals surface area contributed by atoms with Crippen LogP contribution >= 0.6 is 0 Å². The van der Waals surface area contributed by atoms with Crippen LogP contribution in [0.4, 0.5) is 0 Å². The highest BCUT2D eigenvalue weighted by molar-refractivity contribution is 5.75. The lowest BCUT2D eigenvalue weighted by Gasteiger charge is -2.13. The van der Waals surface area contributed by atoms with Crippen molar-refractivity contribution in [2.24, 2.45) is 7.05 Å². The summed E-state index contributed by atoms with van der Waals surface area (Å²) >= 11 is 0. The van der Waals surface area contributed by atoms with Gasteiger partial charge in [-0.05, 0) is 38.4 Å². The first-order valence-electron chi connectivity index (χ1n) is 6.82. The molecule has 0 aliphatic heterocycles. The molecule has 1 aromatic heterocycles. The third kappa shape index (κ3) is 3.15. The summed E-state index contributed by atoms with van der Waals surface area (Å²) in [6.45, 7) is 3.13. The topological polar surface area (TPSA) is 29.9 Å². The van der Waals surface area contributed by atoms with Gasteiger partial charge in [0.25, 0.3) is 0 Å². The highest BCUT2D eigenvalue weighted by Gasteiger charge is 2.13. The summed E-state index contributed by atoms with van der Waals surface area (Å²) in [6, 6.07) is 8.48. The van der Waals surface area contributed by atoms with E-state index in [0.29, 0.717) is 0 Å². The minimum Gasteiger partial charge on any atom is -0.330 e. The van der Waals surface area contributed by atoms with Crippen molar-refractivity contribution in [2.45, 2.75) is 32.2 Å². The lowest BCUT2D eigenvalue weighted by Crippen LogP contribution is -2.22. The molecule has 2 rings (SSSR count). The Hall–Kier alpha value is -1.79. The Balaban J connectivity index is 1.99. The Morgan fingerprint density at radius 2 is 2.16 bits per heavy atom. The fourth-order valence-electron chi connectivity index (χ4n) is 2.31. The van der Waals surface area contributed by atoms with E-state index in [0.717, 1.165) is 37.1 Å². The maximum Gasteiger partial charge on any atom is 0.126 e. The van der Waals surface area contributed by atoms with Crippen molar-refractivity contribution in [2.75, 3.05) is 6.54 Å². The second-order valence-electron chi connectivity index (χ2n) is 4.85. The summed E-state index contributed by atoms with van der Waals surface area (Å²) in [4.78, 5) is 4.70. The van der Waals surface area contributed by atoms with Crippen LogP contribution in [-0.2, 0) is 7.05 Å². The van der Waals surface area contributed by atoms with E-state index in [2.05, 4.69) is 41.9 Å². The van der Waals surface area contributed by atoms with Crippen molar-refractivity contribution in [3.63, 3.8) is 0 Å². The molecule has 2 aromatic rings. The number of aryl methyl sites for hydroxylation is 1. The van der Waals surface area contributed by atoms with Gasteiger partial charge < -0.3 is 9.88 Å². The molecule has 0 radical (unpaired) electrons. The summed E-state index contributed by atoms with van der Waals surface area (Å²) in [7, 11) is 2.07. The molecule has 1 N–H and O–H groups in total. The average molecular weight is 255 g/mol. The first-order valence-corrected chi connectivity index (χ1v) is 6.82. The number of hydrogen-bond acceptors (Lipinski definition) is 2. The van der Waals surface area contributed by atoms with Gasteiger partial charge in [-0.3, -0.25) is 0 Å². The monoisotopic (exact) mass is 255 g/mol. The van der Waals surface area contributed by atoms with Crippen molar-refractivity contribution >= 4 is 11.0 Å². The first-order chi connectivity index (χ1) is 9.24. The minimum absolute atomic E-state index is 0.253. The second-order valence-corrected chi connectivity index (χ2v) is 4.85. The van der Waals surface area contributed by atoms with E-state index in [1.165, 1.54) is 5.52 Å². The van der Waals surface area contributed by atoms with Gasteiger partial charge in [-0.25, -0.2) is 4.98 Å². The van der Waals surface area contributed by atoms with E-state index < -0.39 is 0 Å². The number of benzene rings is 1. The molecule has 1 aromatic carbocycles. The maximum atomic E-state index is 5.24. The highest BCUT2D eigenvalue weighted by atomic mass is 15.1. The normalized spacial score (nSPS) is 12.5. The first kappa shape index (κ1) is 13.6. The van der Waals surface area contributed by atoms with Crippen LogP contribution in [-0.4, -0.2) is 16.1 Å². The van der Waals surface area contributed by atoms with Gasteiger partial charge in [-0.15, -0.1) is 12.3 Å². The van der Waals surface area contributed by atoms with E-state index in [1.54, 1.807) is 0 Å². The number of terminal acetylenes is 1. The van der Waals surface area contributed by atoms with Crippen molar-refractivity contribution < 1.29 is 0 Å². The molecular formula is C16H21N3. The van der Waals surface area contributed by atoms with E-state index in [9.17, 15) is 0 Å². The molecule has 1 atom stereocenters. The van der Waals surface area contributed by atoms with Crippen LogP contribution in [0.2, 0.25) is 0 Å². The third-order valence-electron chi connectivity index (χ3n) is 3.41. The van der Waals surface area contributed by atoms with Crippen LogP contribution in [0, 0.1) is 12.3 Å². The molecule has 19 heavy (non-hydrogen) atoms. The zero-order valence-corrected chi connectivity index (χ0v) is 11.7. The molecule has 3 nitrogen and oxygen atoms in total. The zero-order valence-electron chi connectivity index (χ0n) is 11.7. The number of unbranched alkanes of at least 4 members (excludes halogenated alkanes) is 2. The standard InChI is InChI=1S/C16H21N3/c1-4-5-6-9-12-17-13(2)16-18-14-10-7-8-11-15(14)19(16)3/h1,7-8,10-11,13,17H,5-6,9,12H2,2-3H3. The molecule has 1 unspecified atom stereocenters. The molecule has 100 valence electrons. The Bertz CT molecular complexity index is 577. The molecule has 0 aliphatic rings. The van der Waals surface area contributed by atoms with Gasteiger partial charge in [0.15, 0.2) is 0 Å². The van der Waals surface area contributed by atoms with Crippen molar-refractivity contribution in [1.82, 2.24) is 14.9 Å². The molecule has 0 saturated carbocycles. The number of nitrogens with one attached hydrogen (secondary N) is 1. The minimum atomic E-state index is 0.253. The van der Waals surface area contributed by atoms with Crippen molar-refractivity contribution in [1.29, 1.82) is 0 Å². The number of aromatic nitrogens is 2. The molecule has 3 heteroatoms. The van der Waals surface area contributed by atoms with Gasteiger partial charge in [-0.1, -0.05) is 12.1 Å². The van der Waals surface area contributed by atoms with Crippen LogP contribution in [0.15, 0.2) is 24.3 Å². The molecule has 0 spiro atoms. The summed E-state index contributed by atoms with van der Waals surface area (Å²) < 4.78 is 2.16. The Labute approximate surface area is 115 Å². The molecule has 0 amide bonds. The van der Waals surface area contributed by atoms with Crippen molar-refractivity contribution in [3.8, 4) is 12.3 Å². The predicted molar refractivity (Wildman–Crippen MR) is 79.8 cm³/mol. The Morgan fingerprint density at radius 3 is 2.89 bits per heavy atom. The molecule has 0 saturated heterocycles. The predicted octanol–water partition coefficient (Wildman–Crippen LogP) is 3.03. The highest BCUT2D eigenvalue weighted by Crippen LogP contribution is 2.18. The summed E-state index contributed by atoms with van der Waals surface area (Å²) in [5.41, 5.74) is 2.24. The number of fused-ring (bicyclic) bond motifs is 1. The zero-order chi connectivity index (χ0) is 13.7. The fraction of sp³-hybridized carbons (Fsp3) is 0.438. The molecule has 0 bridgehead atoms. The summed E-state index contributed by atoms with van der Waals surface area (Å²) in [6.07, 6.45) is 8.30. The molecule has 0 fully saturated rings. The van der Waals surface area contributed by atoms with Gasteiger partial charge in [0, 0.05) is 13.5 Å². The number of rotatable bonds is 6. The number of hydrogen-bond donors (Lipinski definition) is 1. The van der Waals surface area contributed by atoms with Gasteiger partial charge in [0.2, 0.25) is 0 Å². The lowest BCUT2D eigenvalue weighted by molar-refractivity contribution is 0.517. The van der Waals surface area contributed by atoms with Gasteiger partial charge in [-0.2, -0.15) is 0 Å².